The van der Waals surface area contributed by atoms with Crippen LogP contribution in [-0.2, 0) is 9.59 Å². The Kier molecular flexibility index (Phi) is 5.95. The average molecular weight is 384 g/mol. The number of carbonyl (C=O) groups excluding carboxylic acids is 2. The summed E-state index contributed by atoms with van der Waals surface area (Å²) in [5.41, 5.74) is 0.410. The first-order valence-corrected chi connectivity index (χ1v) is 8.46. The molecule has 9 nitrogen and oxygen atoms in total. The maximum atomic E-state index is 12.2. The molecule has 0 radical (unpaired) electrons. The third-order valence-electron chi connectivity index (χ3n) is 4.02. The van der Waals surface area contributed by atoms with Gasteiger partial charge in [-0.05, 0) is 30.3 Å². The number of benzene rings is 1. The first-order chi connectivity index (χ1) is 13.6. The fraction of sp³-hybridized carbons (Fsp3) is 0.211. The van der Waals surface area contributed by atoms with E-state index in [-0.39, 0.29) is 12.6 Å². The number of methoxy groups -OCH3 is 2. The second-order valence-electron chi connectivity index (χ2n) is 5.75. The van der Waals surface area contributed by atoms with Gasteiger partial charge in [0.25, 0.3) is 0 Å². The van der Waals surface area contributed by atoms with Crippen molar-refractivity contribution in [3.05, 3.63) is 60.8 Å². The van der Waals surface area contributed by atoms with Crippen LogP contribution in [0.5, 0.6) is 11.5 Å². The number of furan rings is 1. The smallest absolute Gasteiger partial charge is 0.313 e. The average Bonchev–Trinajstić information content (AvgIpc) is 3.42. The van der Waals surface area contributed by atoms with E-state index in [2.05, 4.69) is 15.7 Å². The molecule has 0 spiro atoms. The molecule has 2 N–H and O–H groups in total. The molecule has 0 aliphatic carbocycles. The predicted octanol–water partition coefficient (Wildman–Crippen LogP) is 1.84. The maximum Gasteiger partial charge on any atom is 0.313 e. The molecule has 0 saturated carbocycles. The van der Waals surface area contributed by atoms with Crippen LogP contribution in [0.2, 0.25) is 0 Å². The molecule has 2 aromatic heterocycles. The molecule has 0 fully saturated rings. The van der Waals surface area contributed by atoms with E-state index in [1.807, 2.05) is 0 Å². The lowest BCUT2D eigenvalue weighted by Gasteiger charge is -2.16. The molecule has 28 heavy (non-hydrogen) atoms. The number of anilines is 1. The van der Waals surface area contributed by atoms with Gasteiger partial charge in [-0.25, -0.2) is 0 Å². The third-order valence-corrected chi connectivity index (χ3v) is 4.02. The number of carbonyl (C=O) groups is 2. The van der Waals surface area contributed by atoms with Crippen molar-refractivity contribution in [2.45, 2.75) is 6.04 Å². The molecule has 0 aliphatic heterocycles. The highest BCUT2D eigenvalue weighted by Crippen LogP contribution is 2.29. The Morgan fingerprint density at radius 3 is 2.61 bits per heavy atom. The summed E-state index contributed by atoms with van der Waals surface area (Å²) >= 11 is 0. The van der Waals surface area contributed by atoms with Crippen LogP contribution >= 0.6 is 0 Å². The normalized spacial score (nSPS) is 11.5. The Hall–Kier alpha value is -3.75. The van der Waals surface area contributed by atoms with Crippen molar-refractivity contribution >= 4 is 17.5 Å². The lowest BCUT2D eigenvalue weighted by molar-refractivity contribution is -0.136. The molecule has 3 aromatic rings. The summed E-state index contributed by atoms with van der Waals surface area (Å²) in [4.78, 5) is 24.4. The monoisotopic (exact) mass is 384 g/mol. The van der Waals surface area contributed by atoms with Gasteiger partial charge in [0.15, 0.2) is 11.5 Å². The lowest BCUT2D eigenvalue weighted by atomic mass is 10.2. The van der Waals surface area contributed by atoms with Crippen LogP contribution in [0.15, 0.2) is 59.5 Å². The third kappa shape index (κ3) is 4.32. The van der Waals surface area contributed by atoms with Crippen LogP contribution in [-0.4, -0.2) is 42.4 Å². The highest BCUT2D eigenvalue weighted by atomic mass is 16.5. The van der Waals surface area contributed by atoms with Crippen LogP contribution < -0.4 is 20.1 Å². The van der Waals surface area contributed by atoms with Crippen molar-refractivity contribution in [2.24, 2.45) is 0 Å². The molecule has 3 rings (SSSR count). The molecule has 1 atom stereocenters. The minimum absolute atomic E-state index is 0.132. The van der Waals surface area contributed by atoms with E-state index >= 15 is 0 Å². The van der Waals surface area contributed by atoms with Gasteiger partial charge in [-0.2, -0.15) is 5.10 Å². The van der Waals surface area contributed by atoms with Crippen molar-refractivity contribution < 1.29 is 23.5 Å². The minimum atomic E-state index is -0.800. The van der Waals surface area contributed by atoms with Gasteiger partial charge in [-0.3, -0.25) is 14.3 Å². The van der Waals surface area contributed by atoms with Crippen molar-refractivity contribution in [1.82, 2.24) is 15.1 Å². The second kappa shape index (κ2) is 8.76. The van der Waals surface area contributed by atoms with Crippen LogP contribution in [0.3, 0.4) is 0 Å². The number of nitrogens with zero attached hydrogens (tertiary/aromatic N) is 2. The Morgan fingerprint density at radius 1 is 1.14 bits per heavy atom. The standard InChI is InChI=1S/C19H20N4O5/c1-26-16-7-6-13(11-17(16)27-2)22-19(25)18(24)20-12-14(15-5-3-10-28-15)23-9-4-8-21-23/h3-11,14H,12H2,1-2H3,(H,20,24)(H,22,25). The molecular formula is C19H20N4O5. The molecule has 2 amide bonds. The lowest BCUT2D eigenvalue weighted by Crippen LogP contribution is -2.38. The highest BCUT2D eigenvalue weighted by molar-refractivity contribution is 6.39. The predicted molar refractivity (Wildman–Crippen MR) is 100 cm³/mol. The van der Waals surface area contributed by atoms with Crippen molar-refractivity contribution in [3.63, 3.8) is 0 Å². The largest absolute Gasteiger partial charge is 0.493 e. The Balaban J connectivity index is 1.63. The van der Waals surface area contributed by atoms with E-state index in [1.54, 1.807) is 53.5 Å². The van der Waals surface area contributed by atoms with E-state index in [9.17, 15) is 9.59 Å². The molecule has 1 unspecified atom stereocenters. The SMILES string of the molecule is COc1ccc(NC(=O)C(=O)NCC(c2ccco2)n2cccn2)cc1OC. The number of amides is 2. The summed E-state index contributed by atoms with van der Waals surface area (Å²) in [5.74, 6) is -0.00332. The summed E-state index contributed by atoms with van der Waals surface area (Å²) in [6, 6.07) is 9.74. The van der Waals surface area contributed by atoms with Gasteiger partial charge in [-0.1, -0.05) is 0 Å². The van der Waals surface area contributed by atoms with E-state index in [4.69, 9.17) is 13.9 Å². The van der Waals surface area contributed by atoms with Gasteiger partial charge >= 0.3 is 11.8 Å². The number of aromatic nitrogens is 2. The quantitative estimate of drug-likeness (QED) is 0.602. The first kappa shape index (κ1) is 19.0. The number of hydrogen-bond acceptors (Lipinski definition) is 6. The first-order valence-electron chi connectivity index (χ1n) is 8.46. The van der Waals surface area contributed by atoms with Gasteiger partial charge in [0.05, 0.1) is 20.5 Å². The molecule has 9 heteroatoms. The topological polar surface area (TPSA) is 108 Å². The van der Waals surface area contributed by atoms with E-state index in [1.165, 1.54) is 20.5 Å². The molecule has 146 valence electrons. The zero-order valence-corrected chi connectivity index (χ0v) is 15.4. The summed E-state index contributed by atoms with van der Waals surface area (Å²) in [6.45, 7) is 0.132. The molecule has 2 heterocycles. The van der Waals surface area contributed by atoms with Crippen molar-refractivity contribution in [3.8, 4) is 11.5 Å². The Bertz CT molecular complexity index is 888. The van der Waals surface area contributed by atoms with E-state index in [0.29, 0.717) is 22.9 Å². The molecular weight excluding hydrogens is 364 g/mol. The van der Waals surface area contributed by atoms with Gasteiger partial charge < -0.3 is 24.5 Å². The summed E-state index contributed by atoms with van der Waals surface area (Å²) < 4.78 is 17.4. The summed E-state index contributed by atoms with van der Waals surface area (Å²) in [7, 11) is 3.00. The number of rotatable bonds is 7. The Morgan fingerprint density at radius 2 is 1.96 bits per heavy atom. The second-order valence-corrected chi connectivity index (χ2v) is 5.75. The van der Waals surface area contributed by atoms with Gasteiger partial charge in [0, 0.05) is 30.7 Å². The molecule has 0 saturated heterocycles. The highest BCUT2D eigenvalue weighted by Gasteiger charge is 2.21. The van der Waals surface area contributed by atoms with Crippen molar-refractivity contribution in [1.29, 1.82) is 0 Å². The van der Waals surface area contributed by atoms with Crippen molar-refractivity contribution in [2.75, 3.05) is 26.1 Å². The Labute approximate surface area is 161 Å². The van der Waals surface area contributed by atoms with Crippen LogP contribution in [0.25, 0.3) is 0 Å². The summed E-state index contributed by atoms with van der Waals surface area (Å²) in [5, 5.41) is 9.31. The fourth-order valence-electron chi connectivity index (χ4n) is 2.64. The van der Waals surface area contributed by atoms with Gasteiger partial charge in [-0.15, -0.1) is 0 Å². The zero-order valence-electron chi connectivity index (χ0n) is 15.4. The zero-order chi connectivity index (χ0) is 19.9. The number of ether oxygens (including phenoxy) is 2. The maximum absolute atomic E-state index is 12.2. The van der Waals surface area contributed by atoms with Crippen LogP contribution in [0, 0.1) is 0 Å². The molecule has 1 aromatic carbocycles. The number of nitrogens with one attached hydrogen (secondary N) is 2. The van der Waals surface area contributed by atoms with Crippen LogP contribution in [0.1, 0.15) is 11.8 Å². The van der Waals surface area contributed by atoms with Crippen LogP contribution in [0.4, 0.5) is 5.69 Å². The molecule has 0 aliphatic rings. The number of hydrogen-bond donors (Lipinski definition) is 2. The molecule has 0 bridgehead atoms. The van der Waals surface area contributed by atoms with Gasteiger partial charge in [0.1, 0.15) is 11.8 Å². The van der Waals surface area contributed by atoms with Gasteiger partial charge in [0.2, 0.25) is 0 Å². The summed E-state index contributed by atoms with van der Waals surface area (Å²) in [6.07, 6.45) is 4.92. The van der Waals surface area contributed by atoms with E-state index < -0.39 is 11.8 Å². The fourth-order valence-corrected chi connectivity index (χ4v) is 2.64. The van der Waals surface area contributed by atoms with E-state index in [0.717, 1.165) is 0 Å². The minimum Gasteiger partial charge on any atom is -0.493 e.